The molecule has 0 aromatic carbocycles. The minimum absolute atomic E-state index is 0. The molecule has 1 unspecified atom stereocenters. The molecule has 0 bridgehead atoms. The Morgan fingerprint density at radius 2 is 1.32 bits per heavy atom. The highest BCUT2D eigenvalue weighted by Crippen LogP contribution is 2.31. The fourth-order valence-electron chi connectivity index (χ4n) is 3.02. The van der Waals surface area contributed by atoms with Crippen LogP contribution in [-0.4, -0.2) is 0 Å². The van der Waals surface area contributed by atoms with Gasteiger partial charge in [0.2, 0.25) is 0 Å². The molecule has 1 atom stereocenters. The van der Waals surface area contributed by atoms with Crippen molar-refractivity contribution >= 4 is 0 Å². The van der Waals surface area contributed by atoms with Gasteiger partial charge in [-0.1, -0.05) is 123 Å². The lowest BCUT2D eigenvalue weighted by molar-refractivity contribution is 0.364. The lowest BCUT2D eigenvalue weighted by Gasteiger charge is -2.24. The molecule has 0 aliphatic rings. The van der Waals surface area contributed by atoms with Gasteiger partial charge in [0.15, 0.2) is 0 Å². The molecule has 0 rings (SSSR count). The maximum absolute atomic E-state index is 4.44. The van der Waals surface area contributed by atoms with Crippen LogP contribution in [0.2, 0.25) is 0 Å². The van der Waals surface area contributed by atoms with E-state index in [1.165, 1.54) is 69.8 Å². The van der Waals surface area contributed by atoms with E-state index in [1.807, 2.05) is 0 Å². The van der Waals surface area contributed by atoms with Gasteiger partial charge in [0.25, 0.3) is 0 Å². The summed E-state index contributed by atoms with van der Waals surface area (Å²) in [6, 6.07) is 0. The highest BCUT2D eigenvalue weighted by atomic mass is 14.2. The van der Waals surface area contributed by atoms with Crippen molar-refractivity contribution in [2.24, 2.45) is 11.3 Å². The molecule has 0 aliphatic carbocycles. The SMILES string of the molecule is C.C.C.C.C.C.C=C(CCC(C)(C)C)C(CCC)CCC(=CCC)CCCC. The minimum atomic E-state index is 0. The maximum Gasteiger partial charge on any atom is -0.0203 e. The van der Waals surface area contributed by atoms with Gasteiger partial charge in [-0.05, 0) is 62.7 Å². The summed E-state index contributed by atoms with van der Waals surface area (Å²) in [5, 5.41) is 0. The van der Waals surface area contributed by atoms with Crippen molar-refractivity contribution in [3.63, 3.8) is 0 Å². The van der Waals surface area contributed by atoms with E-state index in [9.17, 15) is 0 Å². The minimum Gasteiger partial charge on any atom is -0.0996 e. The summed E-state index contributed by atoms with van der Waals surface area (Å²) in [5.74, 6) is 0.731. The Balaban J connectivity index is -0.000000147. The fraction of sp³-hybridized carbons (Fsp3) is 0.857. The molecule has 0 heterocycles. The predicted octanol–water partition coefficient (Wildman–Crippen LogP) is 11.9. The summed E-state index contributed by atoms with van der Waals surface area (Å²) in [6.45, 7) is 18.3. The standard InChI is InChI=1S/C22H42.6CH4/c1-8-11-14-20(12-9-2)15-16-21(13-10-3)19(4)17-18-22(5,6)7;;;;;;/h12,21H,4,8-11,13-18H2,1-3,5-7H3;6*1H4. The molecule has 0 heteroatoms. The number of hydrogen-bond acceptors (Lipinski definition) is 0. The van der Waals surface area contributed by atoms with Gasteiger partial charge in [0.1, 0.15) is 0 Å². The maximum atomic E-state index is 4.44. The highest BCUT2D eigenvalue weighted by Gasteiger charge is 2.16. The van der Waals surface area contributed by atoms with Crippen LogP contribution in [0.3, 0.4) is 0 Å². The number of rotatable bonds is 12. The summed E-state index contributed by atoms with van der Waals surface area (Å²) in [6.07, 6.45) is 15.3. The van der Waals surface area contributed by atoms with E-state index < -0.39 is 0 Å². The largest absolute Gasteiger partial charge is 0.0996 e. The first kappa shape index (κ1) is 45.9. The van der Waals surface area contributed by atoms with Crippen molar-refractivity contribution in [2.45, 2.75) is 150 Å². The van der Waals surface area contributed by atoms with Crippen LogP contribution in [0.25, 0.3) is 0 Å². The van der Waals surface area contributed by atoms with Crippen LogP contribution in [0, 0.1) is 11.3 Å². The first-order valence-electron chi connectivity index (χ1n) is 9.69. The van der Waals surface area contributed by atoms with Crippen LogP contribution in [0.15, 0.2) is 23.8 Å². The van der Waals surface area contributed by atoms with Gasteiger partial charge in [-0.3, -0.25) is 0 Å². The van der Waals surface area contributed by atoms with Crippen LogP contribution in [0.5, 0.6) is 0 Å². The highest BCUT2D eigenvalue weighted by molar-refractivity contribution is 5.06. The van der Waals surface area contributed by atoms with E-state index in [1.54, 1.807) is 5.57 Å². The van der Waals surface area contributed by atoms with Crippen molar-refractivity contribution < 1.29 is 0 Å². The topological polar surface area (TPSA) is 0 Å². The summed E-state index contributed by atoms with van der Waals surface area (Å²) >= 11 is 0. The van der Waals surface area contributed by atoms with Gasteiger partial charge in [-0.15, -0.1) is 0 Å². The molecule has 0 amide bonds. The average Bonchev–Trinajstić information content (AvgIpc) is 2.45. The molecule has 0 aliphatic heterocycles. The summed E-state index contributed by atoms with van der Waals surface area (Å²) in [4.78, 5) is 0. The zero-order valence-electron chi connectivity index (χ0n) is 16.4. The molecule has 0 nitrogen and oxygen atoms in total. The number of allylic oxidation sites excluding steroid dienone is 3. The molecular weight excluding hydrogens is 336 g/mol. The Labute approximate surface area is 185 Å². The second-order valence-electron chi connectivity index (χ2n) is 8.12. The molecule has 0 spiro atoms. The van der Waals surface area contributed by atoms with Crippen LogP contribution in [-0.2, 0) is 0 Å². The van der Waals surface area contributed by atoms with Crippen molar-refractivity contribution in [2.75, 3.05) is 0 Å². The molecule has 0 N–H and O–H groups in total. The molecule has 0 aromatic rings. The van der Waals surface area contributed by atoms with E-state index in [2.05, 4.69) is 54.2 Å². The van der Waals surface area contributed by atoms with Gasteiger partial charge in [0, 0.05) is 0 Å². The third kappa shape index (κ3) is 25.5. The van der Waals surface area contributed by atoms with Crippen molar-refractivity contribution in [3.05, 3.63) is 23.8 Å². The van der Waals surface area contributed by atoms with Crippen molar-refractivity contribution in [1.29, 1.82) is 0 Å². The van der Waals surface area contributed by atoms with E-state index in [-0.39, 0.29) is 44.6 Å². The Morgan fingerprint density at radius 3 is 1.71 bits per heavy atom. The Kier molecular flexibility index (Phi) is 43.4. The van der Waals surface area contributed by atoms with E-state index >= 15 is 0 Å². The summed E-state index contributed by atoms with van der Waals surface area (Å²) < 4.78 is 0. The fourth-order valence-corrected chi connectivity index (χ4v) is 3.02. The van der Waals surface area contributed by atoms with E-state index in [0.717, 1.165) is 5.92 Å². The summed E-state index contributed by atoms with van der Waals surface area (Å²) in [5.41, 5.74) is 3.62. The van der Waals surface area contributed by atoms with Gasteiger partial charge in [-0.2, -0.15) is 0 Å². The Morgan fingerprint density at radius 1 is 0.786 bits per heavy atom. The van der Waals surface area contributed by atoms with Gasteiger partial charge < -0.3 is 0 Å². The first-order valence-corrected chi connectivity index (χ1v) is 9.69. The zero-order valence-corrected chi connectivity index (χ0v) is 16.4. The average molecular weight is 403 g/mol. The molecule has 178 valence electrons. The quantitative estimate of drug-likeness (QED) is 0.285. The number of hydrogen-bond donors (Lipinski definition) is 0. The summed E-state index contributed by atoms with van der Waals surface area (Å²) in [7, 11) is 0. The molecule has 0 radical (unpaired) electrons. The molecular formula is C28H66. The Bertz CT molecular complexity index is 313. The smallest absolute Gasteiger partial charge is 0.0203 e. The monoisotopic (exact) mass is 403 g/mol. The van der Waals surface area contributed by atoms with Crippen LogP contribution < -0.4 is 0 Å². The third-order valence-corrected chi connectivity index (χ3v) is 4.57. The third-order valence-electron chi connectivity index (χ3n) is 4.57. The van der Waals surface area contributed by atoms with Gasteiger partial charge >= 0.3 is 0 Å². The zero-order chi connectivity index (χ0) is 17.0. The molecule has 0 fully saturated rings. The van der Waals surface area contributed by atoms with Crippen molar-refractivity contribution in [1.82, 2.24) is 0 Å². The Hall–Kier alpha value is -0.520. The second-order valence-corrected chi connectivity index (χ2v) is 8.12. The first-order chi connectivity index (χ1) is 10.3. The normalized spacial score (nSPS) is 11.1. The number of unbranched alkanes of at least 4 members (excludes halogenated alkanes) is 1. The molecule has 0 saturated carbocycles. The van der Waals surface area contributed by atoms with Crippen LogP contribution in [0.1, 0.15) is 150 Å². The van der Waals surface area contributed by atoms with Crippen LogP contribution >= 0.6 is 0 Å². The second kappa shape index (κ2) is 26.5. The van der Waals surface area contributed by atoms with E-state index in [0.29, 0.717) is 5.41 Å². The van der Waals surface area contributed by atoms with E-state index in [4.69, 9.17) is 0 Å². The van der Waals surface area contributed by atoms with Gasteiger partial charge in [0.05, 0.1) is 0 Å². The predicted molar refractivity (Wildman–Crippen MR) is 144 cm³/mol. The van der Waals surface area contributed by atoms with Crippen molar-refractivity contribution in [3.8, 4) is 0 Å². The molecule has 0 saturated heterocycles. The van der Waals surface area contributed by atoms with Crippen LogP contribution in [0.4, 0.5) is 0 Å². The van der Waals surface area contributed by atoms with Gasteiger partial charge in [-0.25, -0.2) is 0 Å². The lowest BCUT2D eigenvalue weighted by Crippen LogP contribution is -2.09. The lowest BCUT2D eigenvalue weighted by atomic mass is 9.82. The molecule has 28 heavy (non-hydrogen) atoms. The molecule has 0 aromatic heterocycles.